The molecule has 2 rings (SSSR count). The molecule has 0 unspecified atom stereocenters. The van der Waals surface area contributed by atoms with E-state index in [1.165, 1.54) is 6.07 Å². The summed E-state index contributed by atoms with van der Waals surface area (Å²) in [6.07, 6.45) is 0. The molecule has 5 heteroatoms. The molecule has 1 aliphatic rings. The Morgan fingerprint density at radius 2 is 2.00 bits per heavy atom. The number of carbonyl (C=O) groups is 1. The molecule has 1 aromatic rings. The van der Waals surface area contributed by atoms with E-state index in [0.717, 1.165) is 3.57 Å². The van der Waals surface area contributed by atoms with Crippen molar-refractivity contribution in [2.75, 3.05) is 15.2 Å². The van der Waals surface area contributed by atoms with Crippen LogP contribution in [0.15, 0.2) is 18.2 Å². The molecule has 1 aliphatic heterocycles. The molecule has 1 aromatic carbocycles. The Kier molecular flexibility index (Phi) is 2.44. The van der Waals surface area contributed by atoms with E-state index in [1.807, 2.05) is 0 Å². The molecule has 82 valence electrons. The van der Waals surface area contributed by atoms with Crippen LogP contribution in [0.25, 0.3) is 0 Å². The maximum absolute atomic E-state index is 13.3. The van der Waals surface area contributed by atoms with E-state index < -0.39 is 31.6 Å². The predicted octanol–water partition coefficient (Wildman–Crippen LogP) is 2.67. The quantitative estimate of drug-likeness (QED) is 0.624. The van der Waals surface area contributed by atoms with Crippen molar-refractivity contribution in [2.24, 2.45) is 0 Å². The molecule has 15 heavy (non-hydrogen) atoms. The summed E-state index contributed by atoms with van der Waals surface area (Å²) < 4.78 is 27.6. The standard InChI is InChI=1S/C10H10F2INO/c1-13(2)6-3-4-7-8(5-6)14-9(15)10(7,11)12/h3-5H,1-2H3,(H,14,15). The number of hydrogen-bond acceptors (Lipinski definition) is 1. The Bertz CT molecular complexity index is 431. The van der Waals surface area contributed by atoms with Gasteiger partial charge in [-0.05, 0) is 0 Å². The van der Waals surface area contributed by atoms with E-state index in [4.69, 9.17) is 0 Å². The molecule has 0 saturated carbocycles. The van der Waals surface area contributed by atoms with Crippen LogP contribution in [-0.4, -0.2) is 15.8 Å². The van der Waals surface area contributed by atoms with Crippen molar-refractivity contribution in [3.63, 3.8) is 0 Å². The number of alkyl halides is 4. The minimum atomic E-state index is -3.37. The van der Waals surface area contributed by atoms with Gasteiger partial charge in [0.15, 0.2) is 0 Å². The van der Waals surface area contributed by atoms with Crippen LogP contribution in [-0.2, 0) is 10.7 Å². The fraction of sp³-hybridized carbons (Fsp3) is 0.300. The van der Waals surface area contributed by atoms with Crippen LogP contribution >= 0.6 is 19.8 Å². The first-order valence-electron chi connectivity index (χ1n) is 4.27. The zero-order chi connectivity index (χ0) is 11.2. The zero-order valence-corrected chi connectivity index (χ0v) is 10.4. The minimum absolute atomic E-state index is 0.200. The van der Waals surface area contributed by atoms with Crippen LogP contribution in [0, 0.1) is 3.57 Å². The van der Waals surface area contributed by atoms with Crippen molar-refractivity contribution in [2.45, 2.75) is 5.92 Å². The van der Waals surface area contributed by atoms with E-state index in [-0.39, 0.29) is 11.3 Å². The number of amides is 1. The van der Waals surface area contributed by atoms with Crippen LogP contribution in [0.5, 0.6) is 0 Å². The summed E-state index contributed by atoms with van der Waals surface area (Å²) in [4.78, 5) is 15.2. The molecule has 0 spiro atoms. The van der Waals surface area contributed by atoms with Gasteiger partial charge in [-0.15, -0.1) is 0 Å². The Labute approximate surface area is 93.4 Å². The van der Waals surface area contributed by atoms with Crippen LogP contribution in [0.4, 0.5) is 14.5 Å². The topological polar surface area (TPSA) is 29.1 Å². The van der Waals surface area contributed by atoms with Crippen molar-refractivity contribution < 1.29 is 13.6 Å². The van der Waals surface area contributed by atoms with Crippen molar-refractivity contribution >= 4 is 31.4 Å². The van der Waals surface area contributed by atoms with Gasteiger partial charge in [-0.3, -0.25) is 0 Å². The van der Waals surface area contributed by atoms with Gasteiger partial charge in [-0.2, -0.15) is 0 Å². The zero-order valence-electron chi connectivity index (χ0n) is 8.27. The van der Waals surface area contributed by atoms with Crippen LogP contribution in [0.1, 0.15) is 5.56 Å². The summed E-state index contributed by atoms with van der Waals surface area (Å²) >= 11 is -1.19. The first-order chi connectivity index (χ1) is 6.93. The van der Waals surface area contributed by atoms with Gasteiger partial charge >= 0.3 is 93.4 Å². The fourth-order valence-corrected chi connectivity index (χ4v) is 3.29. The third-order valence-electron chi connectivity index (χ3n) is 2.29. The van der Waals surface area contributed by atoms with Gasteiger partial charge in [0.2, 0.25) is 0 Å². The van der Waals surface area contributed by atoms with Crippen LogP contribution in [0.3, 0.4) is 0 Å². The molecule has 0 radical (unpaired) electrons. The van der Waals surface area contributed by atoms with E-state index in [1.54, 1.807) is 12.1 Å². The Hall–Kier alpha value is -0.720. The molecule has 0 saturated heterocycles. The summed E-state index contributed by atoms with van der Waals surface area (Å²) in [5.41, 5.74) is 0.0717. The molecule has 1 N–H and O–H groups in total. The summed E-state index contributed by atoms with van der Waals surface area (Å²) in [6.45, 7) is 0. The Morgan fingerprint density at radius 1 is 1.33 bits per heavy atom. The second-order valence-electron chi connectivity index (χ2n) is 3.47. The van der Waals surface area contributed by atoms with Crippen molar-refractivity contribution in [1.82, 2.24) is 0 Å². The Morgan fingerprint density at radius 3 is 2.60 bits per heavy atom. The molecule has 0 bridgehead atoms. The summed E-state index contributed by atoms with van der Waals surface area (Å²) in [5.74, 6) is -4.59. The molecule has 1 amide bonds. The van der Waals surface area contributed by atoms with Crippen LogP contribution in [0.2, 0.25) is 0 Å². The van der Waals surface area contributed by atoms with E-state index in [2.05, 4.69) is 15.2 Å². The monoisotopic (exact) mass is 325 g/mol. The average molecular weight is 325 g/mol. The summed E-state index contributed by atoms with van der Waals surface area (Å²) in [5, 5.41) is 2.22. The number of anilines is 1. The van der Waals surface area contributed by atoms with Gasteiger partial charge in [-0.1, -0.05) is 0 Å². The number of nitrogens with one attached hydrogen (secondary N) is 1. The van der Waals surface area contributed by atoms with Gasteiger partial charge < -0.3 is 0 Å². The van der Waals surface area contributed by atoms with Crippen LogP contribution < -0.4 is 5.32 Å². The molecule has 2 nitrogen and oxygen atoms in total. The average Bonchev–Trinajstić information content (AvgIpc) is 2.38. The van der Waals surface area contributed by atoms with Gasteiger partial charge in [0.1, 0.15) is 0 Å². The number of benzene rings is 1. The SMILES string of the molecule is CI(C)c1ccc2c(c1)NC(=O)C2(F)F. The molecule has 0 aromatic heterocycles. The fourth-order valence-electron chi connectivity index (χ4n) is 1.45. The number of rotatable bonds is 1. The molecular weight excluding hydrogens is 315 g/mol. The second-order valence-corrected chi connectivity index (χ2v) is 9.03. The second kappa shape index (κ2) is 3.40. The molecule has 0 fully saturated rings. The number of fused-ring (bicyclic) bond motifs is 1. The van der Waals surface area contributed by atoms with Gasteiger partial charge in [0, 0.05) is 0 Å². The number of halogens is 3. The van der Waals surface area contributed by atoms with E-state index in [9.17, 15) is 13.6 Å². The molecule has 0 atom stereocenters. The molecule has 1 heterocycles. The first kappa shape index (κ1) is 10.8. The number of carbonyl (C=O) groups excluding carboxylic acids is 1. The van der Waals surface area contributed by atoms with Crippen molar-refractivity contribution in [3.05, 3.63) is 27.3 Å². The van der Waals surface area contributed by atoms with Gasteiger partial charge in [0.25, 0.3) is 0 Å². The van der Waals surface area contributed by atoms with Gasteiger partial charge in [0.05, 0.1) is 0 Å². The summed E-state index contributed by atoms with van der Waals surface area (Å²) in [7, 11) is 0. The molecular formula is C10H10F2INO. The Balaban J connectivity index is 2.51. The van der Waals surface area contributed by atoms with Crippen molar-refractivity contribution in [1.29, 1.82) is 0 Å². The van der Waals surface area contributed by atoms with E-state index >= 15 is 0 Å². The predicted molar refractivity (Wildman–Crippen MR) is 63.5 cm³/mol. The van der Waals surface area contributed by atoms with Gasteiger partial charge in [-0.25, -0.2) is 0 Å². The third kappa shape index (κ3) is 1.62. The number of hydrogen-bond donors (Lipinski definition) is 1. The maximum atomic E-state index is 13.3. The van der Waals surface area contributed by atoms with Crippen molar-refractivity contribution in [3.8, 4) is 0 Å². The third-order valence-corrected chi connectivity index (χ3v) is 5.45. The molecule has 0 aliphatic carbocycles. The normalized spacial score (nSPS) is 18.4. The van der Waals surface area contributed by atoms with E-state index in [0.29, 0.717) is 0 Å². The first-order valence-corrected chi connectivity index (χ1v) is 9.66. The summed E-state index contributed by atoms with van der Waals surface area (Å²) in [6, 6.07) is 4.75.